The van der Waals surface area contributed by atoms with Crippen molar-refractivity contribution in [2.24, 2.45) is 0 Å². The molecule has 2 aromatic carbocycles. The minimum Gasteiger partial charge on any atom is -0.392 e. The van der Waals surface area contributed by atoms with Crippen molar-refractivity contribution in [1.82, 2.24) is 10.2 Å². The predicted octanol–water partition coefficient (Wildman–Crippen LogP) is 2.10. The summed E-state index contributed by atoms with van der Waals surface area (Å²) in [5.74, 6) is 0. The third-order valence-electron chi connectivity index (χ3n) is 5.86. The average Bonchev–Trinajstić information content (AvgIpc) is 2.85. The molecule has 2 saturated heterocycles. The molecule has 2 aliphatic rings. The Morgan fingerprint density at radius 1 is 0.794 bits per heavy atom. The fourth-order valence-electron chi connectivity index (χ4n) is 4.06. The van der Waals surface area contributed by atoms with Gasteiger partial charge in [0.15, 0.2) is 0 Å². The molecular formula is C23H32N6O5. The van der Waals surface area contributed by atoms with Crippen molar-refractivity contribution in [3.63, 3.8) is 0 Å². The summed E-state index contributed by atoms with van der Waals surface area (Å²) in [6, 6.07) is 13.4. The van der Waals surface area contributed by atoms with Crippen LogP contribution in [0.25, 0.3) is 0 Å². The highest BCUT2D eigenvalue weighted by atomic mass is 16.6. The number of nitro benzene ring substituents is 2. The molecule has 0 radical (unpaired) electrons. The van der Waals surface area contributed by atoms with Gasteiger partial charge in [0.2, 0.25) is 0 Å². The molecule has 0 saturated carbocycles. The third kappa shape index (κ3) is 7.37. The standard InChI is InChI=1S/C13H19N3O3.C10H13N3O2/c1-11(17)10-14-6-8-15(9-7-14)12-2-4-13(5-3-12)16(18)19;14-13(15)10-3-1-9(2-4-10)12-7-5-11-6-8-12/h2-5,11,17H,6-10H2,1H3;1-4,11H,5-8H2. The van der Waals surface area contributed by atoms with Crippen LogP contribution in [-0.4, -0.2) is 84.9 Å². The molecule has 11 heteroatoms. The van der Waals surface area contributed by atoms with E-state index in [1.54, 1.807) is 31.2 Å². The number of aliphatic hydroxyl groups is 1. The van der Waals surface area contributed by atoms with Crippen molar-refractivity contribution < 1.29 is 15.0 Å². The zero-order valence-corrected chi connectivity index (χ0v) is 19.4. The van der Waals surface area contributed by atoms with E-state index in [2.05, 4.69) is 20.0 Å². The van der Waals surface area contributed by atoms with E-state index >= 15 is 0 Å². The molecule has 2 heterocycles. The summed E-state index contributed by atoms with van der Waals surface area (Å²) < 4.78 is 0. The fraction of sp³-hybridized carbons (Fsp3) is 0.478. The lowest BCUT2D eigenvalue weighted by molar-refractivity contribution is -0.385. The van der Waals surface area contributed by atoms with Crippen LogP contribution in [0.1, 0.15) is 6.92 Å². The molecule has 2 aromatic rings. The zero-order valence-electron chi connectivity index (χ0n) is 19.4. The van der Waals surface area contributed by atoms with E-state index in [4.69, 9.17) is 0 Å². The maximum absolute atomic E-state index is 10.6. The van der Waals surface area contributed by atoms with Crippen LogP contribution in [0.2, 0.25) is 0 Å². The van der Waals surface area contributed by atoms with Crippen LogP contribution in [-0.2, 0) is 0 Å². The topological polar surface area (TPSA) is 128 Å². The van der Waals surface area contributed by atoms with Gasteiger partial charge in [0, 0.05) is 94.5 Å². The van der Waals surface area contributed by atoms with Crippen LogP contribution in [0, 0.1) is 20.2 Å². The van der Waals surface area contributed by atoms with Crippen LogP contribution < -0.4 is 15.1 Å². The van der Waals surface area contributed by atoms with Gasteiger partial charge in [-0.2, -0.15) is 0 Å². The molecule has 2 N–H and O–H groups in total. The third-order valence-corrected chi connectivity index (χ3v) is 5.86. The fourth-order valence-corrected chi connectivity index (χ4v) is 4.06. The predicted molar refractivity (Wildman–Crippen MR) is 132 cm³/mol. The van der Waals surface area contributed by atoms with E-state index in [0.717, 1.165) is 63.7 Å². The molecule has 184 valence electrons. The van der Waals surface area contributed by atoms with E-state index in [1.807, 2.05) is 12.1 Å². The van der Waals surface area contributed by atoms with E-state index in [1.165, 1.54) is 12.1 Å². The molecule has 0 aliphatic carbocycles. The van der Waals surface area contributed by atoms with Crippen molar-refractivity contribution in [2.45, 2.75) is 13.0 Å². The summed E-state index contributed by atoms with van der Waals surface area (Å²) in [6.07, 6.45) is -0.300. The smallest absolute Gasteiger partial charge is 0.269 e. The Kier molecular flexibility index (Phi) is 9.14. The van der Waals surface area contributed by atoms with E-state index < -0.39 is 0 Å². The number of piperazine rings is 2. The first-order valence-corrected chi connectivity index (χ1v) is 11.4. The number of hydrogen-bond donors (Lipinski definition) is 2. The molecule has 2 fully saturated rings. The Balaban J connectivity index is 0.000000196. The second kappa shape index (κ2) is 12.3. The Bertz CT molecular complexity index is 924. The highest BCUT2D eigenvalue weighted by Crippen LogP contribution is 2.21. The zero-order chi connectivity index (χ0) is 24.5. The Morgan fingerprint density at radius 3 is 1.59 bits per heavy atom. The number of aliphatic hydroxyl groups excluding tert-OH is 1. The summed E-state index contributed by atoms with van der Waals surface area (Å²) in [4.78, 5) is 27.0. The van der Waals surface area contributed by atoms with Gasteiger partial charge in [-0.05, 0) is 31.2 Å². The van der Waals surface area contributed by atoms with Gasteiger partial charge in [-0.1, -0.05) is 0 Å². The normalized spacial score (nSPS) is 17.5. The van der Waals surface area contributed by atoms with Crippen LogP contribution in [0.3, 0.4) is 0 Å². The molecule has 11 nitrogen and oxygen atoms in total. The Morgan fingerprint density at radius 2 is 1.21 bits per heavy atom. The average molecular weight is 473 g/mol. The van der Waals surface area contributed by atoms with Gasteiger partial charge < -0.3 is 20.2 Å². The first-order valence-electron chi connectivity index (χ1n) is 11.4. The SMILES string of the molecule is CC(O)CN1CCN(c2ccc([N+](=O)[O-])cc2)CC1.O=[N+]([O-])c1ccc(N2CCNCC2)cc1. The molecule has 1 unspecified atom stereocenters. The van der Waals surface area contributed by atoms with Crippen LogP contribution in [0.5, 0.6) is 0 Å². The molecule has 0 bridgehead atoms. The van der Waals surface area contributed by atoms with Crippen LogP contribution in [0.4, 0.5) is 22.7 Å². The largest absolute Gasteiger partial charge is 0.392 e. The molecule has 1 atom stereocenters. The highest BCUT2D eigenvalue weighted by Gasteiger charge is 2.18. The van der Waals surface area contributed by atoms with Crippen molar-refractivity contribution in [2.75, 3.05) is 68.7 Å². The van der Waals surface area contributed by atoms with Gasteiger partial charge in [0.25, 0.3) is 11.4 Å². The molecule has 0 aromatic heterocycles. The molecule has 34 heavy (non-hydrogen) atoms. The second-order valence-electron chi connectivity index (χ2n) is 8.42. The minimum atomic E-state index is -0.385. The lowest BCUT2D eigenvalue weighted by Gasteiger charge is -2.36. The summed E-state index contributed by atoms with van der Waals surface area (Å²) in [5.41, 5.74) is 2.34. The number of rotatable bonds is 6. The number of nitro groups is 2. The van der Waals surface area contributed by atoms with Gasteiger partial charge in [-0.3, -0.25) is 25.1 Å². The van der Waals surface area contributed by atoms with Gasteiger partial charge in [0.05, 0.1) is 16.0 Å². The summed E-state index contributed by atoms with van der Waals surface area (Å²) >= 11 is 0. The monoisotopic (exact) mass is 472 g/mol. The minimum absolute atomic E-state index is 0.122. The second-order valence-corrected chi connectivity index (χ2v) is 8.42. The van der Waals surface area contributed by atoms with Crippen molar-refractivity contribution >= 4 is 22.7 Å². The molecule has 2 aliphatic heterocycles. The van der Waals surface area contributed by atoms with E-state index in [0.29, 0.717) is 6.54 Å². The van der Waals surface area contributed by atoms with Gasteiger partial charge in [-0.25, -0.2) is 0 Å². The van der Waals surface area contributed by atoms with E-state index in [9.17, 15) is 25.3 Å². The Labute approximate surface area is 198 Å². The van der Waals surface area contributed by atoms with Crippen molar-refractivity contribution in [3.05, 3.63) is 68.8 Å². The maximum atomic E-state index is 10.6. The molecule has 4 rings (SSSR count). The first kappa shape index (κ1) is 25.3. The van der Waals surface area contributed by atoms with Crippen LogP contribution in [0.15, 0.2) is 48.5 Å². The first-order chi connectivity index (χ1) is 16.3. The number of hydrogen-bond acceptors (Lipinski definition) is 9. The maximum Gasteiger partial charge on any atom is 0.269 e. The number of non-ortho nitro benzene ring substituents is 2. The lowest BCUT2D eigenvalue weighted by Crippen LogP contribution is -2.48. The van der Waals surface area contributed by atoms with Gasteiger partial charge in [0.1, 0.15) is 0 Å². The molecular weight excluding hydrogens is 440 g/mol. The summed E-state index contributed by atoms with van der Waals surface area (Å²) in [6.45, 7) is 9.92. The lowest BCUT2D eigenvalue weighted by atomic mass is 10.2. The quantitative estimate of drug-likeness (QED) is 0.480. The molecule has 0 spiro atoms. The van der Waals surface area contributed by atoms with Crippen LogP contribution >= 0.6 is 0 Å². The molecule has 0 amide bonds. The Hall–Kier alpha value is -3.28. The van der Waals surface area contributed by atoms with Gasteiger partial charge >= 0.3 is 0 Å². The number of nitrogens with one attached hydrogen (secondary N) is 1. The number of benzene rings is 2. The van der Waals surface area contributed by atoms with E-state index in [-0.39, 0.29) is 27.3 Å². The number of β-amino-alcohol motifs (C(OH)–C–C–N with tert-alkyl or cyclic N) is 1. The number of nitrogens with zero attached hydrogens (tertiary/aromatic N) is 5. The van der Waals surface area contributed by atoms with Crippen molar-refractivity contribution in [3.8, 4) is 0 Å². The summed E-state index contributed by atoms with van der Waals surface area (Å²) in [7, 11) is 0. The van der Waals surface area contributed by atoms with Gasteiger partial charge in [-0.15, -0.1) is 0 Å². The summed E-state index contributed by atoms with van der Waals surface area (Å²) in [5, 5.41) is 33.7. The highest BCUT2D eigenvalue weighted by molar-refractivity contribution is 5.52. The number of anilines is 2. The van der Waals surface area contributed by atoms with Crippen molar-refractivity contribution in [1.29, 1.82) is 0 Å².